The number of rotatable bonds is 4. The summed E-state index contributed by atoms with van der Waals surface area (Å²) in [6.07, 6.45) is 0.280. The lowest BCUT2D eigenvalue weighted by atomic mass is 9.91. The molecule has 2 atom stereocenters. The van der Waals surface area contributed by atoms with Crippen LogP contribution in [-0.2, 0) is 6.42 Å². The van der Waals surface area contributed by atoms with E-state index in [2.05, 4.69) is 36.0 Å². The molecule has 0 aliphatic carbocycles. The molecule has 1 N–H and O–H groups in total. The molecule has 0 saturated heterocycles. The van der Waals surface area contributed by atoms with Crippen LogP contribution in [0.5, 0.6) is 0 Å². The predicted octanol–water partition coefficient (Wildman–Crippen LogP) is 4.46. The Bertz CT molecular complexity index is 610. The highest BCUT2D eigenvalue weighted by Crippen LogP contribution is 2.27. The Balaban J connectivity index is 2.10. The molecule has 0 aliphatic heterocycles. The molecule has 0 aliphatic rings. The molecule has 2 aromatic carbocycles. The Morgan fingerprint density at radius 1 is 1.15 bits per heavy atom. The number of aliphatic hydroxyl groups is 1. The second-order valence-electron chi connectivity index (χ2n) is 5.32. The average Bonchev–Trinajstić information content (AvgIpc) is 2.48. The normalized spacial score (nSPS) is 13.5. The number of aliphatic hydroxyl groups excluding tert-OH is 1. The van der Waals surface area contributed by atoms with E-state index in [-0.39, 0.29) is 5.92 Å². The molecule has 0 aromatic heterocycles. The van der Waals surface area contributed by atoms with Crippen LogP contribution in [0.15, 0.2) is 48.5 Å². The van der Waals surface area contributed by atoms with Crippen molar-refractivity contribution in [2.75, 3.05) is 0 Å². The number of nitrogens with zero attached hydrogens (tertiary/aromatic N) is 1. The van der Waals surface area contributed by atoms with E-state index in [1.807, 2.05) is 19.1 Å². The van der Waals surface area contributed by atoms with E-state index in [9.17, 15) is 5.11 Å². The van der Waals surface area contributed by atoms with Gasteiger partial charge in [-0.05, 0) is 30.4 Å². The molecule has 2 rings (SSSR count). The molecule has 0 bridgehead atoms. The molecule has 0 fully saturated rings. The summed E-state index contributed by atoms with van der Waals surface area (Å²) in [6, 6.07) is 15.6. The molecule has 0 radical (unpaired) electrons. The van der Waals surface area contributed by atoms with E-state index in [4.69, 9.17) is 6.57 Å². The third-order valence-corrected chi connectivity index (χ3v) is 3.56. The lowest BCUT2D eigenvalue weighted by Crippen LogP contribution is -2.11. The van der Waals surface area contributed by atoms with Gasteiger partial charge in [0, 0.05) is 0 Å². The van der Waals surface area contributed by atoms with Gasteiger partial charge in [-0.2, -0.15) is 0 Å². The van der Waals surface area contributed by atoms with Gasteiger partial charge < -0.3 is 5.11 Å². The molecule has 2 aromatic rings. The number of aryl methyl sites for hydroxylation is 1. The molecular weight excluding hydrogens is 246 g/mol. The first-order valence-corrected chi connectivity index (χ1v) is 6.81. The fourth-order valence-corrected chi connectivity index (χ4v) is 2.31. The first-order valence-electron chi connectivity index (χ1n) is 6.81. The zero-order valence-electron chi connectivity index (χ0n) is 11.9. The molecule has 20 heavy (non-hydrogen) atoms. The second-order valence-corrected chi connectivity index (χ2v) is 5.32. The van der Waals surface area contributed by atoms with Gasteiger partial charge in [0.2, 0.25) is 0 Å². The molecule has 0 heterocycles. The van der Waals surface area contributed by atoms with E-state index in [0.717, 1.165) is 12.0 Å². The van der Waals surface area contributed by atoms with Crippen LogP contribution < -0.4 is 0 Å². The highest BCUT2D eigenvalue weighted by molar-refractivity contribution is 5.47. The summed E-state index contributed by atoms with van der Waals surface area (Å²) in [5.41, 5.74) is 3.86. The largest absolute Gasteiger partial charge is 0.388 e. The third kappa shape index (κ3) is 3.46. The Labute approximate surface area is 120 Å². The molecule has 0 spiro atoms. The highest BCUT2D eigenvalue weighted by atomic mass is 16.3. The summed E-state index contributed by atoms with van der Waals surface area (Å²) in [5, 5.41) is 10.4. The maximum Gasteiger partial charge on any atom is 0.187 e. The standard InChI is InChI=1S/C18H19NO/c1-13-7-9-15(10-8-13)11-14(2)18(20)16-5-4-6-17(12-16)19-3/h4-10,12,14,18,20H,11H2,1-2H3. The highest BCUT2D eigenvalue weighted by Gasteiger charge is 2.17. The SMILES string of the molecule is [C-]#[N+]c1cccc(C(O)C(C)Cc2ccc(C)cc2)c1. The minimum Gasteiger partial charge on any atom is -0.388 e. The van der Waals surface area contributed by atoms with Crippen LogP contribution in [0.25, 0.3) is 4.85 Å². The number of benzene rings is 2. The maximum absolute atomic E-state index is 10.4. The zero-order chi connectivity index (χ0) is 14.5. The van der Waals surface area contributed by atoms with Crippen molar-refractivity contribution in [2.45, 2.75) is 26.4 Å². The molecule has 0 saturated carbocycles. The molecule has 2 heteroatoms. The van der Waals surface area contributed by atoms with Crippen molar-refractivity contribution in [3.05, 3.63) is 76.6 Å². The Hall–Kier alpha value is -2.11. The molecule has 102 valence electrons. The quantitative estimate of drug-likeness (QED) is 0.811. The summed E-state index contributed by atoms with van der Waals surface area (Å²) >= 11 is 0. The smallest absolute Gasteiger partial charge is 0.187 e. The van der Waals surface area contributed by atoms with Crippen molar-refractivity contribution >= 4 is 5.69 Å². The van der Waals surface area contributed by atoms with Crippen LogP contribution in [0.2, 0.25) is 0 Å². The van der Waals surface area contributed by atoms with Crippen LogP contribution in [0, 0.1) is 19.4 Å². The molecule has 0 amide bonds. The minimum atomic E-state index is -0.544. The monoisotopic (exact) mass is 265 g/mol. The summed E-state index contributed by atoms with van der Waals surface area (Å²) in [7, 11) is 0. The van der Waals surface area contributed by atoms with Gasteiger partial charge >= 0.3 is 0 Å². The van der Waals surface area contributed by atoms with Crippen molar-refractivity contribution in [3.8, 4) is 0 Å². The lowest BCUT2D eigenvalue weighted by molar-refractivity contribution is 0.118. The summed E-state index contributed by atoms with van der Waals surface area (Å²) in [4.78, 5) is 3.41. The third-order valence-electron chi connectivity index (χ3n) is 3.56. The molecular formula is C18H19NO. The zero-order valence-corrected chi connectivity index (χ0v) is 11.9. The average molecular weight is 265 g/mol. The number of hydrogen-bond donors (Lipinski definition) is 1. The first kappa shape index (κ1) is 14.3. The van der Waals surface area contributed by atoms with Gasteiger partial charge in [0.1, 0.15) is 0 Å². The molecule has 2 unspecified atom stereocenters. The van der Waals surface area contributed by atoms with Gasteiger partial charge in [0.15, 0.2) is 5.69 Å². The molecule has 2 nitrogen and oxygen atoms in total. The van der Waals surface area contributed by atoms with Gasteiger partial charge in [-0.1, -0.05) is 61.0 Å². The van der Waals surface area contributed by atoms with Crippen LogP contribution in [-0.4, -0.2) is 5.11 Å². The lowest BCUT2D eigenvalue weighted by Gasteiger charge is -2.19. The van der Waals surface area contributed by atoms with Crippen LogP contribution in [0.1, 0.15) is 29.7 Å². The van der Waals surface area contributed by atoms with Gasteiger partial charge in [-0.3, -0.25) is 0 Å². The van der Waals surface area contributed by atoms with Gasteiger partial charge in [-0.15, -0.1) is 0 Å². The maximum atomic E-state index is 10.4. The number of hydrogen-bond acceptors (Lipinski definition) is 1. The van der Waals surface area contributed by atoms with Crippen molar-refractivity contribution < 1.29 is 5.11 Å². The van der Waals surface area contributed by atoms with E-state index < -0.39 is 6.10 Å². The van der Waals surface area contributed by atoms with E-state index >= 15 is 0 Å². The van der Waals surface area contributed by atoms with Crippen LogP contribution in [0.4, 0.5) is 5.69 Å². The van der Waals surface area contributed by atoms with E-state index in [1.54, 1.807) is 12.1 Å². The minimum absolute atomic E-state index is 0.110. The van der Waals surface area contributed by atoms with Crippen molar-refractivity contribution in [1.82, 2.24) is 0 Å². The fraction of sp³-hybridized carbons (Fsp3) is 0.278. The van der Waals surface area contributed by atoms with Gasteiger partial charge in [0.05, 0.1) is 12.7 Å². The van der Waals surface area contributed by atoms with Crippen molar-refractivity contribution in [1.29, 1.82) is 0 Å². The fourth-order valence-electron chi connectivity index (χ4n) is 2.31. The van der Waals surface area contributed by atoms with Crippen LogP contribution >= 0.6 is 0 Å². The summed E-state index contributed by atoms with van der Waals surface area (Å²) in [5.74, 6) is 0.110. The van der Waals surface area contributed by atoms with Gasteiger partial charge in [0.25, 0.3) is 0 Å². The summed E-state index contributed by atoms with van der Waals surface area (Å²) < 4.78 is 0. The van der Waals surface area contributed by atoms with Crippen molar-refractivity contribution in [3.63, 3.8) is 0 Å². The Morgan fingerprint density at radius 3 is 2.50 bits per heavy atom. The first-order chi connectivity index (χ1) is 9.60. The predicted molar refractivity (Wildman–Crippen MR) is 81.7 cm³/mol. The van der Waals surface area contributed by atoms with Gasteiger partial charge in [-0.25, -0.2) is 4.85 Å². The second kappa shape index (κ2) is 6.36. The van der Waals surface area contributed by atoms with E-state index in [1.165, 1.54) is 11.1 Å². The van der Waals surface area contributed by atoms with Crippen LogP contribution in [0.3, 0.4) is 0 Å². The Kier molecular flexibility index (Phi) is 4.55. The summed E-state index contributed by atoms with van der Waals surface area (Å²) in [6.45, 7) is 11.1. The van der Waals surface area contributed by atoms with E-state index in [0.29, 0.717) is 5.69 Å². The Morgan fingerprint density at radius 2 is 1.85 bits per heavy atom. The van der Waals surface area contributed by atoms with Crippen molar-refractivity contribution in [2.24, 2.45) is 5.92 Å². The topological polar surface area (TPSA) is 24.6 Å².